The summed E-state index contributed by atoms with van der Waals surface area (Å²) in [5.41, 5.74) is 3.43. The Morgan fingerprint density at radius 2 is 2.00 bits per heavy atom. The van der Waals surface area contributed by atoms with Gasteiger partial charge in [-0.3, -0.25) is 0 Å². The molecule has 0 radical (unpaired) electrons. The second kappa shape index (κ2) is 10.3. The molecule has 0 aromatic heterocycles. The Morgan fingerprint density at radius 1 is 1.11 bits per heavy atom. The summed E-state index contributed by atoms with van der Waals surface area (Å²) in [7, 11) is 0. The van der Waals surface area contributed by atoms with Gasteiger partial charge >= 0.3 is 0 Å². The van der Waals surface area contributed by atoms with Gasteiger partial charge in [0.25, 0.3) is 0 Å². The first-order valence-electron chi connectivity index (χ1n) is 9.35. The summed E-state index contributed by atoms with van der Waals surface area (Å²) in [6.07, 6.45) is 8.62. The molecule has 0 saturated carbocycles. The molecule has 0 fully saturated rings. The maximum atomic E-state index is 13.2. The Hall–Kier alpha value is -1.36. The molecule has 3 rings (SSSR count). The lowest BCUT2D eigenvalue weighted by Crippen LogP contribution is -2.16. The molecule has 27 heavy (non-hydrogen) atoms. The van der Waals surface area contributed by atoms with E-state index in [1.807, 2.05) is 12.1 Å². The fourth-order valence-electron chi connectivity index (χ4n) is 3.22. The average molecular weight is 453 g/mol. The lowest BCUT2D eigenvalue weighted by molar-refractivity contribution is 0.302. The lowest BCUT2D eigenvalue weighted by Gasteiger charge is -2.15. The standard InChI is InChI=1S/C22H24BrClFNO/c23-19-7-9-22(27-15-17-6-8-20(25)13-21(17)24)18(12-19)14-26-11-10-16-4-2-1-3-5-16/h4,6-9,12-13,26H,1-3,5,10-11,14-15H2. The molecule has 144 valence electrons. The van der Waals surface area contributed by atoms with Crippen LogP contribution in [0.25, 0.3) is 0 Å². The summed E-state index contributed by atoms with van der Waals surface area (Å²) in [6.45, 7) is 2.00. The zero-order chi connectivity index (χ0) is 19.1. The summed E-state index contributed by atoms with van der Waals surface area (Å²) >= 11 is 9.62. The van der Waals surface area contributed by atoms with Crippen LogP contribution < -0.4 is 10.1 Å². The molecule has 0 heterocycles. The third-order valence-electron chi connectivity index (χ3n) is 4.74. The molecule has 1 aliphatic carbocycles. The van der Waals surface area contributed by atoms with Gasteiger partial charge in [0, 0.05) is 22.1 Å². The number of allylic oxidation sites excluding steroid dienone is 1. The molecule has 5 heteroatoms. The molecule has 0 unspecified atom stereocenters. The van der Waals surface area contributed by atoms with E-state index in [1.54, 1.807) is 11.6 Å². The quantitative estimate of drug-likeness (QED) is 0.351. The summed E-state index contributed by atoms with van der Waals surface area (Å²) in [4.78, 5) is 0. The molecule has 2 nitrogen and oxygen atoms in total. The highest BCUT2D eigenvalue weighted by molar-refractivity contribution is 9.10. The molecule has 0 saturated heterocycles. The van der Waals surface area contributed by atoms with E-state index in [4.69, 9.17) is 16.3 Å². The fourth-order valence-corrected chi connectivity index (χ4v) is 3.86. The number of hydrogen-bond donors (Lipinski definition) is 1. The fraction of sp³-hybridized carbons (Fsp3) is 0.364. The lowest BCUT2D eigenvalue weighted by atomic mass is 9.97. The van der Waals surface area contributed by atoms with Gasteiger partial charge in [-0.25, -0.2) is 4.39 Å². The van der Waals surface area contributed by atoms with Crippen molar-refractivity contribution in [2.45, 2.75) is 45.3 Å². The van der Waals surface area contributed by atoms with Crippen LogP contribution in [0.15, 0.2) is 52.5 Å². The Kier molecular flexibility index (Phi) is 7.74. The minimum atomic E-state index is -0.342. The minimum Gasteiger partial charge on any atom is -0.489 e. The molecule has 2 aromatic carbocycles. The van der Waals surface area contributed by atoms with Gasteiger partial charge in [0.15, 0.2) is 0 Å². The number of nitrogens with one attached hydrogen (secondary N) is 1. The van der Waals surface area contributed by atoms with Crippen molar-refractivity contribution in [2.75, 3.05) is 6.54 Å². The summed E-state index contributed by atoms with van der Waals surface area (Å²) in [6, 6.07) is 10.3. The molecule has 1 aliphatic rings. The van der Waals surface area contributed by atoms with Crippen LogP contribution in [0.2, 0.25) is 5.02 Å². The van der Waals surface area contributed by atoms with Crippen LogP contribution in [0.1, 0.15) is 43.2 Å². The molecule has 0 atom stereocenters. The van der Waals surface area contributed by atoms with Gasteiger partial charge < -0.3 is 10.1 Å². The van der Waals surface area contributed by atoms with Crippen molar-refractivity contribution in [1.82, 2.24) is 5.32 Å². The number of benzene rings is 2. The number of ether oxygens (including phenoxy) is 1. The van der Waals surface area contributed by atoms with E-state index in [9.17, 15) is 4.39 Å². The van der Waals surface area contributed by atoms with Gasteiger partial charge in [-0.2, -0.15) is 0 Å². The zero-order valence-electron chi connectivity index (χ0n) is 15.2. The predicted molar refractivity (Wildman–Crippen MR) is 113 cm³/mol. The largest absolute Gasteiger partial charge is 0.489 e. The number of hydrogen-bond acceptors (Lipinski definition) is 2. The Morgan fingerprint density at radius 3 is 2.78 bits per heavy atom. The Labute approximate surface area is 173 Å². The van der Waals surface area contributed by atoms with Crippen LogP contribution in [-0.2, 0) is 13.2 Å². The first-order chi connectivity index (χ1) is 13.1. The monoisotopic (exact) mass is 451 g/mol. The summed E-state index contributed by atoms with van der Waals surface area (Å²) < 4.78 is 20.2. The minimum absolute atomic E-state index is 0.306. The van der Waals surface area contributed by atoms with Crippen molar-refractivity contribution >= 4 is 27.5 Å². The van der Waals surface area contributed by atoms with Crippen molar-refractivity contribution in [3.8, 4) is 5.75 Å². The van der Waals surface area contributed by atoms with E-state index in [1.165, 1.54) is 37.8 Å². The van der Waals surface area contributed by atoms with E-state index in [0.29, 0.717) is 11.6 Å². The van der Waals surface area contributed by atoms with E-state index in [0.717, 1.165) is 40.9 Å². The third-order valence-corrected chi connectivity index (χ3v) is 5.59. The van der Waals surface area contributed by atoms with Gasteiger partial charge in [-0.05, 0) is 69.0 Å². The van der Waals surface area contributed by atoms with Crippen LogP contribution in [0.4, 0.5) is 4.39 Å². The summed E-state index contributed by atoms with van der Waals surface area (Å²) in [5.74, 6) is 0.466. The van der Waals surface area contributed by atoms with Crippen LogP contribution in [0.5, 0.6) is 5.75 Å². The second-order valence-corrected chi connectivity index (χ2v) is 8.13. The summed E-state index contributed by atoms with van der Waals surface area (Å²) in [5, 5.41) is 3.90. The zero-order valence-corrected chi connectivity index (χ0v) is 17.6. The van der Waals surface area contributed by atoms with Crippen molar-refractivity contribution in [3.63, 3.8) is 0 Å². The smallest absolute Gasteiger partial charge is 0.124 e. The molecule has 0 bridgehead atoms. The molecular formula is C22H24BrClFNO. The van der Waals surface area contributed by atoms with Crippen LogP contribution in [0, 0.1) is 5.82 Å². The van der Waals surface area contributed by atoms with Gasteiger partial charge in [-0.1, -0.05) is 45.2 Å². The highest BCUT2D eigenvalue weighted by Crippen LogP contribution is 2.26. The molecule has 2 aromatic rings. The van der Waals surface area contributed by atoms with E-state index < -0.39 is 0 Å². The molecular weight excluding hydrogens is 429 g/mol. The van der Waals surface area contributed by atoms with Crippen molar-refractivity contribution in [3.05, 3.63) is 74.5 Å². The normalized spacial score (nSPS) is 14.1. The molecule has 0 spiro atoms. The van der Waals surface area contributed by atoms with Crippen molar-refractivity contribution in [2.24, 2.45) is 0 Å². The van der Waals surface area contributed by atoms with E-state index in [-0.39, 0.29) is 5.82 Å². The van der Waals surface area contributed by atoms with Crippen molar-refractivity contribution in [1.29, 1.82) is 0 Å². The predicted octanol–water partition coefficient (Wildman–Crippen LogP) is 6.80. The number of rotatable bonds is 8. The maximum Gasteiger partial charge on any atom is 0.124 e. The Bertz CT molecular complexity index is 809. The Balaban J connectivity index is 1.56. The van der Waals surface area contributed by atoms with Gasteiger partial charge in [0.05, 0.1) is 5.02 Å². The maximum absolute atomic E-state index is 13.2. The topological polar surface area (TPSA) is 21.3 Å². The van der Waals surface area contributed by atoms with Gasteiger partial charge in [0.1, 0.15) is 18.2 Å². The van der Waals surface area contributed by atoms with E-state index in [2.05, 4.69) is 33.4 Å². The number of halogens is 3. The second-order valence-electron chi connectivity index (χ2n) is 6.81. The van der Waals surface area contributed by atoms with Crippen LogP contribution in [-0.4, -0.2) is 6.54 Å². The van der Waals surface area contributed by atoms with Crippen LogP contribution in [0.3, 0.4) is 0 Å². The highest BCUT2D eigenvalue weighted by atomic mass is 79.9. The van der Waals surface area contributed by atoms with Gasteiger partial charge in [0.2, 0.25) is 0 Å². The SMILES string of the molecule is Fc1ccc(COc2ccc(Br)cc2CNCCC2=CCCCC2)c(Cl)c1. The molecule has 0 amide bonds. The first-order valence-corrected chi connectivity index (χ1v) is 10.5. The average Bonchev–Trinajstić information content (AvgIpc) is 2.66. The van der Waals surface area contributed by atoms with Gasteiger partial charge in [-0.15, -0.1) is 0 Å². The van der Waals surface area contributed by atoms with Crippen molar-refractivity contribution < 1.29 is 9.13 Å². The van der Waals surface area contributed by atoms with E-state index >= 15 is 0 Å². The molecule has 0 aliphatic heterocycles. The van der Waals surface area contributed by atoms with Crippen LogP contribution >= 0.6 is 27.5 Å². The molecule has 1 N–H and O–H groups in total. The third kappa shape index (κ3) is 6.34. The highest BCUT2D eigenvalue weighted by Gasteiger charge is 2.08. The first kappa shape index (κ1) is 20.4.